The molecule has 13 heavy (non-hydrogen) atoms. The van der Waals surface area contributed by atoms with Crippen molar-refractivity contribution in [1.29, 1.82) is 0 Å². The molecule has 0 bridgehead atoms. The zero-order valence-corrected chi connectivity index (χ0v) is 9.73. The number of carbonyl (C=O) groups is 1. The van der Waals surface area contributed by atoms with Gasteiger partial charge < -0.3 is 0 Å². The molecule has 0 saturated heterocycles. The maximum Gasteiger partial charge on any atom is 0.302 e. The van der Waals surface area contributed by atoms with Gasteiger partial charge in [-0.3, -0.25) is 25.0 Å². The average Bonchev–Trinajstić information content (AvgIpc) is 1.83. The van der Waals surface area contributed by atoms with Gasteiger partial charge in [0.25, 0.3) is 5.91 Å². The number of hydrogen-bond donors (Lipinski definition) is 2. The van der Waals surface area contributed by atoms with E-state index in [1.807, 2.05) is 0 Å². The molecule has 0 radical (unpaired) electrons. The van der Waals surface area contributed by atoms with Crippen molar-refractivity contribution in [3.63, 3.8) is 0 Å². The number of halogens is 2. The maximum atomic E-state index is 11.4. The normalized spacial score (nSPS) is 12.8. The molecule has 0 heterocycles. The number of nitrogens with two attached hydrogens (primary N) is 2. The molecule has 78 valence electrons. The molecule has 0 atom stereocenters. The van der Waals surface area contributed by atoms with Crippen LogP contribution >= 0.6 is 30.8 Å². The predicted octanol–water partition coefficient (Wildman–Crippen LogP) is 1.05. The van der Waals surface area contributed by atoms with Gasteiger partial charge in [-0.15, -0.1) is 0 Å². The summed E-state index contributed by atoms with van der Waals surface area (Å²) in [7, 11) is -3.61. The first-order valence-electron chi connectivity index (χ1n) is 3.48. The number of alkyl halides is 2. The molecule has 0 aromatic carbocycles. The lowest BCUT2D eigenvalue weighted by atomic mass is 10.4. The van der Waals surface area contributed by atoms with Crippen LogP contribution < -0.4 is 11.0 Å². The van der Waals surface area contributed by atoms with Crippen LogP contribution in [0.25, 0.3) is 0 Å². The first-order valence-corrected chi connectivity index (χ1v) is 6.03. The van der Waals surface area contributed by atoms with Gasteiger partial charge in [-0.25, -0.2) is 0 Å². The molecule has 0 aromatic heterocycles. The highest BCUT2D eigenvalue weighted by atomic mass is 35.5. The topological polar surface area (TPSA) is 89.4 Å². The molecule has 8 heteroatoms. The quantitative estimate of drug-likeness (QED) is 0.577. The van der Waals surface area contributed by atoms with Gasteiger partial charge in [0.2, 0.25) is 0 Å². The Kier molecular flexibility index (Phi) is 4.22. The molecule has 0 aromatic rings. The fourth-order valence-electron chi connectivity index (χ4n) is 0.733. The third-order valence-electron chi connectivity index (χ3n) is 1.29. The number of amides is 1. The first kappa shape index (κ1) is 13.2. The van der Waals surface area contributed by atoms with Crippen molar-refractivity contribution in [3.05, 3.63) is 0 Å². The van der Waals surface area contributed by atoms with E-state index in [1.54, 1.807) is 6.92 Å². The Morgan fingerprint density at radius 3 is 2.00 bits per heavy atom. The van der Waals surface area contributed by atoms with E-state index in [4.69, 9.17) is 34.2 Å². The van der Waals surface area contributed by atoms with Crippen LogP contribution in [0.5, 0.6) is 0 Å². The Bertz CT molecular complexity index is 247. The summed E-state index contributed by atoms with van der Waals surface area (Å²) in [6.45, 7) is 2.93. The second kappa shape index (κ2) is 4.15. The van der Waals surface area contributed by atoms with E-state index in [1.165, 1.54) is 6.92 Å². The van der Waals surface area contributed by atoms with Crippen molar-refractivity contribution >= 4 is 36.7 Å². The molecule has 1 amide bonds. The number of hydrogen-bond acceptors (Lipinski definition) is 2. The minimum Gasteiger partial charge on any atom is -0.271 e. The van der Waals surface area contributed by atoms with Gasteiger partial charge in [-0.1, -0.05) is 23.2 Å². The van der Waals surface area contributed by atoms with Crippen LogP contribution in [0.2, 0.25) is 0 Å². The van der Waals surface area contributed by atoms with E-state index in [0.717, 1.165) is 4.67 Å². The third kappa shape index (κ3) is 3.83. The number of nitrogens with zero attached hydrogens (tertiary/aromatic N) is 1. The van der Waals surface area contributed by atoms with Crippen molar-refractivity contribution in [2.45, 2.75) is 18.2 Å². The van der Waals surface area contributed by atoms with Gasteiger partial charge in [0.15, 0.2) is 4.33 Å². The van der Waals surface area contributed by atoms with Crippen LogP contribution in [0.4, 0.5) is 0 Å². The summed E-state index contributed by atoms with van der Waals surface area (Å²) >= 11 is 11.0. The Morgan fingerprint density at radius 1 is 1.54 bits per heavy atom. The molecule has 0 rings (SSSR count). The van der Waals surface area contributed by atoms with E-state index in [2.05, 4.69) is 0 Å². The molecule has 0 saturated carbocycles. The molecule has 0 unspecified atom stereocenters. The summed E-state index contributed by atoms with van der Waals surface area (Å²) in [5, 5.41) is 0. The lowest BCUT2D eigenvalue weighted by Crippen LogP contribution is -2.42. The number of rotatable bonds is 3. The molecule has 4 N–H and O–H groups in total. The van der Waals surface area contributed by atoms with E-state index in [-0.39, 0.29) is 6.54 Å². The monoisotopic (exact) mass is 247 g/mol. The van der Waals surface area contributed by atoms with Gasteiger partial charge in [0, 0.05) is 6.54 Å². The summed E-state index contributed by atoms with van der Waals surface area (Å²) in [5.41, 5.74) is 10.2. The second-order valence-corrected chi connectivity index (χ2v) is 6.11. The number of carbonyl (C=O) groups excluding carboxylic acids is 1. The fraction of sp³-hybridized carbons (Fsp3) is 0.800. The summed E-state index contributed by atoms with van der Waals surface area (Å²) in [6.07, 6.45) is 0. The second-order valence-electron chi connectivity index (χ2n) is 2.58. The molecule has 5 nitrogen and oxygen atoms in total. The Labute approximate surface area is 86.9 Å². The van der Waals surface area contributed by atoms with Crippen molar-refractivity contribution in [1.82, 2.24) is 4.67 Å². The minimum absolute atomic E-state index is 0.0954. The van der Waals surface area contributed by atoms with Crippen LogP contribution in [0.3, 0.4) is 0 Å². The van der Waals surface area contributed by atoms with Crippen LogP contribution in [0.15, 0.2) is 0 Å². The predicted molar refractivity (Wildman–Crippen MR) is 53.5 cm³/mol. The molecule has 0 fully saturated rings. The molecule has 0 aliphatic heterocycles. The smallest absolute Gasteiger partial charge is 0.271 e. The summed E-state index contributed by atoms with van der Waals surface area (Å²) < 4.78 is 10.3. The van der Waals surface area contributed by atoms with Gasteiger partial charge >= 0.3 is 7.59 Å². The molecule has 0 aliphatic rings. The third-order valence-corrected chi connectivity index (χ3v) is 2.83. The Balaban J connectivity index is 4.83. The largest absolute Gasteiger partial charge is 0.302 e. The lowest BCUT2D eigenvalue weighted by Gasteiger charge is -2.27. The van der Waals surface area contributed by atoms with Crippen LogP contribution in [0, 0.1) is 0 Å². The van der Waals surface area contributed by atoms with Crippen molar-refractivity contribution < 1.29 is 9.36 Å². The Hall–Kier alpha value is 0.200. The molecular weight excluding hydrogens is 236 g/mol. The molecule has 0 spiro atoms. The van der Waals surface area contributed by atoms with E-state index < -0.39 is 17.8 Å². The lowest BCUT2D eigenvalue weighted by molar-refractivity contribution is -0.126. The fourth-order valence-corrected chi connectivity index (χ4v) is 1.98. The van der Waals surface area contributed by atoms with Crippen molar-refractivity contribution in [3.8, 4) is 0 Å². The summed E-state index contributed by atoms with van der Waals surface area (Å²) in [5.74, 6) is -0.758. The minimum atomic E-state index is -3.61. The van der Waals surface area contributed by atoms with Gasteiger partial charge in [0.1, 0.15) is 0 Å². The highest BCUT2D eigenvalue weighted by Crippen LogP contribution is 2.36. The zero-order chi connectivity index (χ0) is 10.9. The SMILES string of the molecule is CCN(C(=O)C(C)(Cl)Cl)P(N)(N)=O. The van der Waals surface area contributed by atoms with Crippen LogP contribution in [-0.2, 0) is 9.36 Å². The van der Waals surface area contributed by atoms with E-state index in [0.29, 0.717) is 0 Å². The Morgan fingerprint density at radius 2 is 1.92 bits per heavy atom. The molecular formula is C5H12Cl2N3O2P. The summed E-state index contributed by atoms with van der Waals surface area (Å²) in [6, 6.07) is 0. The van der Waals surface area contributed by atoms with Crippen LogP contribution in [0.1, 0.15) is 13.8 Å². The van der Waals surface area contributed by atoms with E-state index >= 15 is 0 Å². The zero-order valence-electron chi connectivity index (χ0n) is 7.33. The molecule has 0 aliphatic carbocycles. The van der Waals surface area contributed by atoms with Gasteiger partial charge in [-0.05, 0) is 13.8 Å². The van der Waals surface area contributed by atoms with Crippen molar-refractivity contribution in [2.24, 2.45) is 11.0 Å². The van der Waals surface area contributed by atoms with E-state index in [9.17, 15) is 9.36 Å². The average molecular weight is 248 g/mol. The van der Waals surface area contributed by atoms with Gasteiger partial charge in [-0.2, -0.15) is 0 Å². The van der Waals surface area contributed by atoms with Crippen molar-refractivity contribution in [2.75, 3.05) is 6.54 Å². The summed E-state index contributed by atoms with van der Waals surface area (Å²) in [4.78, 5) is 11.4. The maximum absolute atomic E-state index is 11.4. The standard InChI is InChI=1S/C5H12Cl2N3O2P/c1-3-10(13(8,9)12)4(11)5(2,6)7/h3H2,1-2H3,(H4,8,9,12). The highest BCUT2D eigenvalue weighted by molar-refractivity contribution is 7.57. The first-order chi connectivity index (χ1) is 5.60. The van der Waals surface area contributed by atoms with Gasteiger partial charge in [0.05, 0.1) is 0 Å². The highest BCUT2D eigenvalue weighted by Gasteiger charge is 2.37. The van der Waals surface area contributed by atoms with Crippen LogP contribution in [-0.4, -0.2) is 21.5 Å².